The standard InChI is InChI=1S/C9H12FNO3S/c10-7-2-3-9(8(11)6-7)15(13,14)5-1-4-12/h2-3,6,12H,1,4-5,11H2. The summed E-state index contributed by atoms with van der Waals surface area (Å²) in [6.45, 7) is -0.208. The zero-order valence-corrected chi connectivity index (χ0v) is 8.80. The first-order valence-electron chi connectivity index (χ1n) is 4.36. The van der Waals surface area contributed by atoms with Crippen LogP contribution in [0.25, 0.3) is 0 Å². The van der Waals surface area contributed by atoms with Crippen molar-refractivity contribution in [3.63, 3.8) is 0 Å². The predicted molar refractivity (Wildman–Crippen MR) is 54.6 cm³/mol. The van der Waals surface area contributed by atoms with Crippen LogP contribution in [0.5, 0.6) is 0 Å². The second kappa shape index (κ2) is 4.59. The molecule has 0 amide bonds. The first kappa shape index (κ1) is 11.9. The summed E-state index contributed by atoms with van der Waals surface area (Å²) < 4.78 is 35.9. The molecule has 1 aromatic carbocycles. The summed E-state index contributed by atoms with van der Waals surface area (Å²) in [6, 6.07) is 3.14. The maximum absolute atomic E-state index is 12.7. The van der Waals surface area contributed by atoms with E-state index < -0.39 is 15.7 Å². The molecule has 15 heavy (non-hydrogen) atoms. The number of anilines is 1. The number of aliphatic hydroxyl groups is 1. The van der Waals surface area contributed by atoms with E-state index in [9.17, 15) is 12.8 Å². The summed E-state index contributed by atoms with van der Waals surface area (Å²) in [4.78, 5) is -0.0858. The quantitative estimate of drug-likeness (QED) is 0.588. The summed E-state index contributed by atoms with van der Waals surface area (Å²) in [5, 5.41) is 8.53. The fourth-order valence-electron chi connectivity index (χ4n) is 1.17. The molecule has 0 spiro atoms. The minimum atomic E-state index is -3.52. The van der Waals surface area contributed by atoms with Crippen molar-refractivity contribution in [1.82, 2.24) is 0 Å². The molecule has 0 aliphatic carbocycles. The lowest BCUT2D eigenvalue weighted by Crippen LogP contribution is -2.10. The van der Waals surface area contributed by atoms with E-state index in [0.29, 0.717) is 0 Å². The van der Waals surface area contributed by atoms with Crippen molar-refractivity contribution < 1.29 is 17.9 Å². The average molecular weight is 233 g/mol. The third-order valence-corrected chi connectivity index (χ3v) is 3.75. The number of hydrogen-bond donors (Lipinski definition) is 2. The summed E-state index contributed by atoms with van der Waals surface area (Å²) in [5.74, 6) is -0.770. The molecule has 1 aromatic rings. The van der Waals surface area contributed by atoms with Gasteiger partial charge in [-0.2, -0.15) is 0 Å². The number of aliphatic hydroxyl groups excluding tert-OH is 1. The molecule has 0 fully saturated rings. The van der Waals surface area contributed by atoms with E-state index in [1.54, 1.807) is 0 Å². The lowest BCUT2D eigenvalue weighted by molar-refractivity contribution is 0.295. The molecule has 0 unspecified atom stereocenters. The third-order valence-electron chi connectivity index (χ3n) is 1.88. The van der Waals surface area contributed by atoms with E-state index in [-0.39, 0.29) is 29.4 Å². The summed E-state index contributed by atoms with van der Waals surface area (Å²) in [7, 11) is -3.52. The Kier molecular flexibility index (Phi) is 3.65. The molecule has 84 valence electrons. The first-order chi connectivity index (χ1) is 6.97. The van der Waals surface area contributed by atoms with Crippen LogP contribution < -0.4 is 5.73 Å². The molecular formula is C9H12FNO3S. The molecule has 0 saturated carbocycles. The molecular weight excluding hydrogens is 221 g/mol. The van der Waals surface area contributed by atoms with Crippen molar-refractivity contribution in [1.29, 1.82) is 0 Å². The van der Waals surface area contributed by atoms with Crippen molar-refractivity contribution in [3.05, 3.63) is 24.0 Å². The van der Waals surface area contributed by atoms with Gasteiger partial charge >= 0.3 is 0 Å². The maximum Gasteiger partial charge on any atom is 0.180 e. The van der Waals surface area contributed by atoms with Gasteiger partial charge in [-0.15, -0.1) is 0 Å². The van der Waals surface area contributed by atoms with Crippen molar-refractivity contribution in [3.8, 4) is 0 Å². The Labute approximate surface area is 87.5 Å². The van der Waals surface area contributed by atoms with Crippen molar-refractivity contribution in [2.45, 2.75) is 11.3 Å². The van der Waals surface area contributed by atoms with E-state index in [2.05, 4.69) is 0 Å². The van der Waals surface area contributed by atoms with Gasteiger partial charge in [0.05, 0.1) is 16.3 Å². The smallest absolute Gasteiger partial charge is 0.180 e. The van der Waals surface area contributed by atoms with Crippen LogP contribution in [0.3, 0.4) is 0 Å². The first-order valence-corrected chi connectivity index (χ1v) is 6.01. The van der Waals surface area contributed by atoms with Crippen molar-refractivity contribution in [2.24, 2.45) is 0 Å². The van der Waals surface area contributed by atoms with Gasteiger partial charge in [-0.05, 0) is 24.6 Å². The molecule has 0 aliphatic rings. The number of nitrogens with two attached hydrogens (primary N) is 1. The van der Waals surface area contributed by atoms with Gasteiger partial charge in [-0.3, -0.25) is 0 Å². The van der Waals surface area contributed by atoms with E-state index in [0.717, 1.165) is 18.2 Å². The molecule has 3 N–H and O–H groups in total. The van der Waals surface area contributed by atoms with E-state index >= 15 is 0 Å². The lowest BCUT2D eigenvalue weighted by Gasteiger charge is -2.06. The highest BCUT2D eigenvalue weighted by Crippen LogP contribution is 2.20. The number of halogens is 1. The molecule has 0 saturated heterocycles. The van der Waals surface area contributed by atoms with E-state index in [4.69, 9.17) is 10.8 Å². The molecule has 0 bridgehead atoms. The Morgan fingerprint density at radius 2 is 2.07 bits per heavy atom. The van der Waals surface area contributed by atoms with Crippen LogP contribution in [-0.2, 0) is 9.84 Å². The highest BCUT2D eigenvalue weighted by atomic mass is 32.2. The molecule has 4 nitrogen and oxygen atoms in total. The number of rotatable bonds is 4. The van der Waals surface area contributed by atoms with Gasteiger partial charge in [0, 0.05) is 6.61 Å². The summed E-state index contributed by atoms with van der Waals surface area (Å²) in [5.41, 5.74) is 5.29. The van der Waals surface area contributed by atoms with Crippen LogP contribution in [0.2, 0.25) is 0 Å². The number of sulfone groups is 1. The normalized spacial score (nSPS) is 11.6. The topological polar surface area (TPSA) is 80.4 Å². The molecule has 0 atom stereocenters. The van der Waals surface area contributed by atoms with Crippen LogP contribution >= 0.6 is 0 Å². The minimum Gasteiger partial charge on any atom is -0.398 e. The Morgan fingerprint density at radius 3 is 2.60 bits per heavy atom. The molecule has 0 heterocycles. The number of nitrogen functional groups attached to an aromatic ring is 1. The number of hydrogen-bond acceptors (Lipinski definition) is 4. The van der Waals surface area contributed by atoms with Gasteiger partial charge < -0.3 is 10.8 Å². The van der Waals surface area contributed by atoms with Crippen LogP contribution in [-0.4, -0.2) is 25.9 Å². The summed E-state index contributed by atoms with van der Waals surface area (Å²) >= 11 is 0. The van der Waals surface area contributed by atoms with Crippen LogP contribution in [0.4, 0.5) is 10.1 Å². The molecule has 1 rings (SSSR count). The van der Waals surface area contributed by atoms with Crippen LogP contribution in [0.15, 0.2) is 23.1 Å². The summed E-state index contributed by atoms with van der Waals surface area (Å²) in [6.07, 6.45) is 0.138. The number of benzene rings is 1. The zero-order chi connectivity index (χ0) is 11.5. The average Bonchev–Trinajstić information content (AvgIpc) is 2.14. The largest absolute Gasteiger partial charge is 0.398 e. The molecule has 0 aromatic heterocycles. The highest BCUT2D eigenvalue weighted by molar-refractivity contribution is 7.91. The second-order valence-corrected chi connectivity index (χ2v) is 5.16. The van der Waals surface area contributed by atoms with E-state index in [1.807, 2.05) is 0 Å². The van der Waals surface area contributed by atoms with Crippen molar-refractivity contribution in [2.75, 3.05) is 18.1 Å². The monoisotopic (exact) mass is 233 g/mol. The fourth-order valence-corrected chi connectivity index (χ4v) is 2.59. The SMILES string of the molecule is Nc1cc(F)ccc1S(=O)(=O)CCCO. The van der Waals surface area contributed by atoms with Gasteiger partial charge in [0.1, 0.15) is 5.82 Å². The third kappa shape index (κ3) is 2.90. The minimum absolute atomic E-state index is 0.0858. The highest BCUT2D eigenvalue weighted by Gasteiger charge is 2.17. The predicted octanol–water partition coefficient (Wildman–Crippen LogP) is 0.564. The lowest BCUT2D eigenvalue weighted by atomic mass is 10.3. The van der Waals surface area contributed by atoms with E-state index in [1.165, 1.54) is 0 Å². The Morgan fingerprint density at radius 1 is 1.40 bits per heavy atom. The van der Waals surface area contributed by atoms with Crippen LogP contribution in [0.1, 0.15) is 6.42 Å². The van der Waals surface area contributed by atoms with Crippen molar-refractivity contribution >= 4 is 15.5 Å². The molecule has 0 radical (unpaired) electrons. The van der Waals surface area contributed by atoms with Crippen LogP contribution in [0, 0.1) is 5.82 Å². The second-order valence-electron chi connectivity index (χ2n) is 3.08. The Hall–Kier alpha value is -1.14. The van der Waals surface area contributed by atoms with Gasteiger partial charge in [0.25, 0.3) is 0 Å². The van der Waals surface area contributed by atoms with Gasteiger partial charge in [0.2, 0.25) is 0 Å². The Balaban J connectivity index is 3.05. The maximum atomic E-state index is 12.7. The van der Waals surface area contributed by atoms with Gasteiger partial charge in [-0.25, -0.2) is 12.8 Å². The molecule has 0 aliphatic heterocycles. The zero-order valence-electron chi connectivity index (χ0n) is 7.98. The Bertz CT molecular complexity index is 445. The van der Waals surface area contributed by atoms with Gasteiger partial charge in [0.15, 0.2) is 9.84 Å². The fraction of sp³-hybridized carbons (Fsp3) is 0.333. The van der Waals surface area contributed by atoms with Gasteiger partial charge in [-0.1, -0.05) is 0 Å². The molecule has 6 heteroatoms.